The number of hydrazine groups is 1. The third-order valence-corrected chi connectivity index (χ3v) is 2.69. The number of anilines is 2. The fraction of sp³-hybridized carbons (Fsp3) is 0.750. The van der Waals surface area contributed by atoms with Crippen LogP contribution in [-0.4, -0.2) is 59.4 Å². The van der Waals surface area contributed by atoms with Crippen molar-refractivity contribution in [3.63, 3.8) is 0 Å². The van der Waals surface area contributed by atoms with Gasteiger partial charge in [0, 0.05) is 19.6 Å². The molecule has 0 bridgehead atoms. The van der Waals surface area contributed by atoms with Crippen molar-refractivity contribution in [2.24, 2.45) is 0 Å². The summed E-state index contributed by atoms with van der Waals surface area (Å²) in [6, 6.07) is 0.330. The highest BCUT2D eigenvalue weighted by Crippen LogP contribution is 2.12. The molecule has 1 saturated heterocycles. The zero-order chi connectivity index (χ0) is 14.2. The van der Waals surface area contributed by atoms with Gasteiger partial charge < -0.3 is 14.8 Å². The lowest BCUT2D eigenvalue weighted by Gasteiger charge is -2.26. The van der Waals surface area contributed by atoms with Gasteiger partial charge in [0.2, 0.25) is 11.9 Å². The number of aromatic nitrogens is 3. The van der Waals surface area contributed by atoms with Crippen LogP contribution in [0.1, 0.15) is 20.3 Å². The monoisotopic (exact) mass is 282 g/mol. The minimum Gasteiger partial charge on any atom is -0.464 e. The lowest BCUT2D eigenvalue weighted by Crippen LogP contribution is -2.40. The van der Waals surface area contributed by atoms with E-state index in [1.165, 1.54) is 0 Å². The normalized spacial score (nSPS) is 15.9. The van der Waals surface area contributed by atoms with Crippen molar-refractivity contribution < 1.29 is 9.47 Å². The van der Waals surface area contributed by atoms with Gasteiger partial charge in [0.05, 0.1) is 19.8 Å². The van der Waals surface area contributed by atoms with E-state index >= 15 is 0 Å². The van der Waals surface area contributed by atoms with E-state index in [-0.39, 0.29) is 0 Å². The Balaban J connectivity index is 2.06. The molecule has 0 radical (unpaired) electrons. The molecule has 2 rings (SSSR count). The minimum absolute atomic E-state index is 0.330. The Morgan fingerprint density at radius 1 is 1.15 bits per heavy atom. The molecule has 1 aliphatic heterocycles. The molecule has 0 atom stereocenters. The van der Waals surface area contributed by atoms with E-state index in [1.807, 2.05) is 11.9 Å². The quantitative estimate of drug-likeness (QED) is 0.758. The predicted octanol–water partition coefficient (Wildman–Crippen LogP) is 0.751. The third-order valence-electron chi connectivity index (χ3n) is 2.69. The van der Waals surface area contributed by atoms with Gasteiger partial charge >= 0.3 is 6.01 Å². The Hall–Kier alpha value is -1.67. The molecule has 112 valence electrons. The molecule has 0 aliphatic carbocycles. The highest BCUT2D eigenvalue weighted by Gasteiger charge is 2.13. The molecule has 1 aliphatic rings. The summed E-state index contributed by atoms with van der Waals surface area (Å²) in [7, 11) is 0. The van der Waals surface area contributed by atoms with Gasteiger partial charge in [-0.05, 0) is 13.3 Å². The number of nitrogens with one attached hydrogen (secondary N) is 2. The number of nitrogens with zero attached hydrogens (tertiary/aromatic N) is 4. The summed E-state index contributed by atoms with van der Waals surface area (Å²) < 4.78 is 10.7. The third kappa shape index (κ3) is 4.46. The standard InChI is InChI=1S/C12H22N6O2/c1-3-5-13-10-14-11(16-12(15-10)20-4-2)17-18-6-8-19-9-7-18/h3-9H2,1-2H3,(H2,13,14,15,16,17). The van der Waals surface area contributed by atoms with Crippen LogP contribution in [0.5, 0.6) is 6.01 Å². The van der Waals surface area contributed by atoms with E-state index in [2.05, 4.69) is 32.6 Å². The van der Waals surface area contributed by atoms with Gasteiger partial charge in [-0.3, -0.25) is 5.43 Å². The zero-order valence-electron chi connectivity index (χ0n) is 12.1. The fourth-order valence-electron chi connectivity index (χ4n) is 1.73. The van der Waals surface area contributed by atoms with E-state index < -0.39 is 0 Å². The van der Waals surface area contributed by atoms with E-state index in [0.29, 0.717) is 37.7 Å². The van der Waals surface area contributed by atoms with E-state index in [9.17, 15) is 0 Å². The van der Waals surface area contributed by atoms with Crippen molar-refractivity contribution in [2.75, 3.05) is 50.2 Å². The van der Waals surface area contributed by atoms with Crippen LogP contribution in [0.25, 0.3) is 0 Å². The number of hydrogen-bond acceptors (Lipinski definition) is 8. The molecule has 1 aromatic heterocycles. The van der Waals surface area contributed by atoms with Gasteiger partial charge in [0.25, 0.3) is 0 Å². The maximum Gasteiger partial charge on any atom is 0.323 e. The second kappa shape index (κ2) is 7.81. The summed E-state index contributed by atoms with van der Waals surface area (Å²) in [5.74, 6) is 1.02. The Morgan fingerprint density at radius 3 is 2.60 bits per heavy atom. The molecule has 0 saturated carbocycles. The van der Waals surface area contributed by atoms with Crippen molar-refractivity contribution in [2.45, 2.75) is 20.3 Å². The van der Waals surface area contributed by atoms with Gasteiger partial charge in [0.15, 0.2) is 0 Å². The van der Waals surface area contributed by atoms with Gasteiger partial charge in [-0.25, -0.2) is 5.01 Å². The smallest absolute Gasteiger partial charge is 0.323 e. The lowest BCUT2D eigenvalue weighted by atomic mass is 10.5. The highest BCUT2D eigenvalue weighted by molar-refractivity contribution is 5.35. The lowest BCUT2D eigenvalue weighted by molar-refractivity contribution is 0.0492. The van der Waals surface area contributed by atoms with Gasteiger partial charge in [0.1, 0.15) is 0 Å². The van der Waals surface area contributed by atoms with Gasteiger partial charge in [-0.2, -0.15) is 15.0 Å². The SMILES string of the molecule is CCCNc1nc(NN2CCOCC2)nc(OCC)n1. The van der Waals surface area contributed by atoms with Gasteiger partial charge in [-0.15, -0.1) is 0 Å². The molecule has 20 heavy (non-hydrogen) atoms. The second-order valence-electron chi connectivity index (χ2n) is 4.34. The van der Waals surface area contributed by atoms with Crippen LogP contribution >= 0.6 is 0 Å². The first-order chi connectivity index (χ1) is 9.81. The molecule has 0 unspecified atom stereocenters. The summed E-state index contributed by atoms with van der Waals surface area (Å²) in [6.07, 6.45) is 1.00. The van der Waals surface area contributed by atoms with E-state index in [0.717, 1.165) is 26.1 Å². The van der Waals surface area contributed by atoms with Crippen molar-refractivity contribution >= 4 is 11.9 Å². The molecule has 0 amide bonds. The van der Waals surface area contributed by atoms with Crippen molar-refractivity contribution in [1.29, 1.82) is 0 Å². The Morgan fingerprint density at radius 2 is 1.90 bits per heavy atom. The number of morpholine rings is 1. The number of hydrogen-bond donors (Lipinski definition) is 2. The molecule has 1 aromatic rings. The fourth-order valence-corrected chi connectivity index (χ4v) is 1.73. The Labute approximate surface area is 118 Å². The average molecular weight is 282 g/mol. The summed E-state index contributed by atoms with van der Waals surface area (Å²) >= 11 is 0. The van der Waals surface area contributed by atoms with E-state index in [1.54, 1.807) is 0 Å². The minimum atomic E-state index is 0.330. The summed E-state index contributed by atoms with van der Waals surface area (Å²) in [5, 5.41) is 5.17. The van der Waals surface area contributed by atoms with Crippen LogP contribution < -0.4 is 15.5 Å². The maximum atomic E-state index is 5.37. The molecular weight excluding hydrogens is 260 g/mol. The highest BCUT2D eigenvalue weighted by atomic mass is 16.5. The zero-order valence-corrected chi connectivity index (χ0v) is 12.1. The molecule has 2 N–H and O–H groups in total. The summed E-state index contributed by atoms with van der Waals surface area (Å²) in [5.41, 5.74) is 3.17. The van der Waals surface area contributed by atoms with Crippen molar-refractivity contribution in [1.82, 2.24) is 20.0 Å². The first kappa shape index (κ1) is 14.7. The molecule has 8 heteroatoms. The average Bonchev–Trinajstić information content (AvgIpc) is 2.46. The van der Waals surface area contributed by atoms with Crippen LogP contribution in [0, 0.1) is 0 Å². The first-order valence-corrected chi connectivity index (χ1v) is 7.04. The largest absolute Gasteiger partial charge is 0.464 e. The van der Waals surface area contributed by atoms with Crippen LogP contribution in [-0.2, 0) is 4.74 Å². The number of ether oxygens (including phenoxy) is 2. The van der Waals surface area contributed by atoms with Crippen LogP contribution in [0.3, 0.4) is 0 Å². The topological polar surface area (TPSA) is 84.4 Å². The summed E-state index contributed by atoms with van der Waals surface area (Å²) in [4.78, 5) is 12.8. The van der Waals surface area contributed by atoms with Gasteiger partial charge in [-0.1, -0.05) is 6.92 Å². The summed E-state index contributed by atoms with van der Waals surface area (Å²) in [6.45, 7) is 8.33. The Bertz CT molecular complexity index is 411. The molecule has 8 nitrogen and oxygen atoms in total. The van der Waals surface area contributed by atoms with E-state index in [4.69, 9.17) is 9.47 Å². The number of rotatable bonds is 7. The maximum absolute atomic E-state index is 5.37. The van der Waals surface area contributed by atoms with Crippen molar-refractivity contribution in [3.05, 3.63) is 0 Å². The first-order valence-electron chi connectivity index (χ1n) is 7.04. The predicted molar refractivity (Wildman–Crippen MR) is 75.8 cm³/mol. The van der Waals surface area contributed by atoms with Crippen LogP contribution in [0.15, 0.2) is 0 Å². The van der Waals surface area contributed by atoms with Crippen molar-refractivity contribution in [3.8, 4) is 6.01 Å². The molecule has 2 heterocycles. The van der Waals surface area contributed by atoms with Crippen LogP contribution in [0.4, 0.5) is 11.9 Å². The molecule has 0 aromatic carbocycles. The van der Waals surface area contributed by atoms with Crippen LogP contribution in [0.2, 0.25) is 0 Å². The second-order valence-corrected chi connectivity index (χ2v) is 4.34. The molecular formula is C12H22N6O2. The molecule has 1 fully saturated rings. The molecule has 0 spiro atoms. The Kier molecular flexibility index (Phi) is 5.75.